The van der Waals surface area contributed by atoms with Crippen LogP contribution in [-0.2, 0) is 20.6 Å². The van der Waals surface area contributed by atoms with Gasteiger partial charge >= 0.3 is 16.3 Å². The minimum Gasteiger partial charge on any atom is -0.493 e. The van der Waals surface area contributed by atoms with Gasteiger partial charge in [0.15, 0.2) is 11.5 Å². The molecule has 0 N–H and O–H groups in total. The van der Waals surface area contributed by atoms with Crippen molar-refractivity contribution in [1.82, 2.24) is 0 Å². The summed E-state index contributed by atoms with van der Waals surface area (Å²) in [7, 11) is -1.67. The highest BCUT2D eigenvalue weighted by molar-refractivity contribution is 7.86. The van der Waals surface area contributed by atoms with Crippen LogP contribution in [0, 0.1) is 0 Å². The number of nitrogens with zero attached hydrogens (tertiary/aromatic N) is 1. The van der Waals surface area contributed by atoms with Gasteiger partial charge in [0.1, 0.15) is 11.1 Å². The number of ether oxygens (including phenoxy) is 2. The maximum absolute atomic E-state index is 12.7. The number of hydrogen-bond acceptors (Lipinski definition) is 6. The lowest BCUT2D eigenvalue weighted by Crippen LogP contribution is -2.08. The Morgan fingerprint density at radius 2 is 1.69 bits per heavy atom. The van der Waals surface area contributed by atoms with Crippen LogP contribution in [-0.4, -0.2) is 28.9 Å². The Morgan fingerprint density at radius 3 is 2.31 bits per heavy atom. The summed E-state index contributed by atoms with van der Waals surface area (Å²) in [6, 6.07) is 7.64. The third kappa shape index (κ3) is 4.66. The molecule has 139 valence electrons. The van der Waals surface area contributed by atoms with E-state index in [1.807, 2.05) is 0 Å². The smallest absolute Gasteiger partial charge is 0.416 e. The first-order valence-corrected chi connectivity index (χ1v) is 8.37. The van der Waals surface area contributed by atoms with Crippen molar-refractivity contribution in [2.45, 2.75) is 11.1 Å². The highest BCUT2D eigenvalue weighted by atomic mass is 32.2. The van der Waals surface area contributed by atoms with Gasteiger partial charge in [0.2, 0.25) is 0 Å². The van der Waals surface area contributed by atoms with Gasteiger partial charge in [-0.3, -0.25) is 4.28 Å². The Morgan fingerprint density at radius 1 is 1.00 bits per heavy atom. The predicted molar refractivity (Wildman–Crippen MR) is 85.8 cm³/mol. The fraction of sp³-hybridized carbons (Fsp3) is 0.188. The van der Waals surface area contributed by atoms with E-state index in [0.29, 0.717) is 23.1 Å². The van der Waals surface area contributed by atoms with Gasteiger partial charge < -0.3 is 9.47 Å². The Kier molecular flexibility index (Phi) is 5.76. The van der Waals surface area contributed by atoms with E-state index in [0.717, 1.165) is 18.2 Å². The summed E-state index contributed by atoms with van der Waals surface area (Å²) in [5.41, 5.74) is -0.808. The van der Waals surface area contributed by atoms with Crippen LogP contribution >= 0.6 is 0 Å². The molecule has 0 amide bonds. The summed E-state index contributed by atoms with van der Waals surface area (Å²) in [6.07, 6.45) is -2.37. The monoisotopic (exact) mass is 388 g/mol. The molecule has 0 aliphatic heterocycles. The molecule has 0 aromatic heterocycles. The van der Waals surface area contributed by atoms with E-state index in [-0.39, 0.29) is 0 Å². The largest absolute Gasteiger partial charge is 0.493 e. The van der Waals surface area contributed by atoms with Crippen molar-refractivity contribution in [3.05, 3.63) is 53.6 Å². The van der Waals surface area contributed by atoms with E-state index in [2.05, 4.69) is 15.7 Å². The van der Waals surface area contributed by atoms with Gasteiger partial charge in [-0.2, -0.15) is 21.6 Å². The summed E-state index contributed by atoms with van der Waals surface area (Å²) in [6.45, 7) is 0. The maximum Gasteiger partial charge on any atom is 0.416 e. The second kappa shape index (κ2) is 7.65. The Hall–Kier alpha value is -2.75. The van der Waals surface area contributed by atoms with Gasteiger partial charge in [-0.25, -0.2) is 0 Å². The lowest BCUT2D eigenvalue weighted by molar-refractivity contribution is -0.137. The van der Waals surface area contributed by atoms with Crippen molar-refractivity contribution >= 4 is 16.3 Å². The molecule has 0 saturated heterocycles. The molecule has 0 atom stereocenters. The molecule has 0 spiro atoms. The van der Waals surface area contributed by atoms with E-state index >= 15 is 0 Å². The Balaban J connectivity index is 2.19. The van der Waals surface area contributed by atoms with Gasteiger partial charge in [0, 0.05) is 5.56 Å². The molecule has 2 aromatic carbocycles. The lowest BCUT2D eigenvalue weighted by atomic mass is 10.2. The van der Waals surface area contributed by atoms with Crippen LogP contribution in [0.1, 0.15) is 11.1 Å². The van der Waals surface area contributed by atoms with Gasteiger partial charge in [-0.05, 0) is 36.4 Å². The van der Waals surface area contributed by atoms with Gasteiger partial charge in [0.05, 0.1) is 19.8 Å². The van der Waals surface area contributed by atoms with Gasteiger partial charge in [-0.1, -0.05) is 11.2 Å². The van der Waals surface area contributed by atoms with Crippen LogP contribution in [0.25, 0.3) is 0 Å². The van der Waals surface area contributed by atoms with Crippen LogP contribution < -0.4 is 9.47 Å². The predicted octanol–water partition coefficient (Wildman–Crippen LogP) is 3.34. The summed E-state index contributed by atoms with van der Waals surface area (Å²) in [5.74, 6) is 0.795. The highest BCUT2D eigenvalue weighted by Gasteiger charge is 2.32. The standard InChI is InChI=1S/C16H13F3NO5S/c1-23-14-7-6-11(8-15(14)24-2)10-20-25-26(21,22)13-5-3-4-12(9-13)16(17,18)19/h3-9H,1-2H3. The zero-order valence-electron chi connectivity index (χ0n) is 13.6. The van der Waals surface area contributed by atoms with E-state index in [1.165, 1.54) is 32.4 Å². The molecule has 1 radical (unpaired) electrons. The minimum absolute atomic E-state index is 0.307. The number of alkyl halides is 3. The SMILES string of the molecule is COc1ccc([C]=NOS(=O)(=O)c2cccc(C(F)(F)F)c2)cc1OC. The van der Waals surface area contributed by atoms with Gasteiger partial charge in [0.25, 0.3) is 0 Å². The van der Waals surface area contributed by atoms with Crippen LogP contribution in [0.2, 0.25) is 0 Å². The zero-order valence-corrected chi connectivity index (χ0v) is 14.4. The number of rotatable bonds is 6. The third-order valence-corrected chi connectivity index (χ3v) is 4.25. The molecule has 0 aliphatic carbocycles. The van der Waals surface area contributed by atoms with Crippen molar-refractivity contribution in [1.29, 1.82) is 0 Å². The van der Waals surface area contributed by atoms with E-state index in [4.69, 9.17) is 9.47 Å². The lowest BCUT2D eigenvalue weighted by Gasteiger charge is -2.08. The van der Waals surface area contributed by atoms with Crippen LogP contribution in [0.15, 0.2) is 52.5 Å². The molecule has 6 nitrogen and oxygen atoms in total. The fourth-order valence-electron chi connectivity index (χ4n) is 1.90. The van der Waals surface area contributed by atoms with Crippen LogP contribution in [0.4, 0.5) is 13.2 Å². The van der Waals surface area contributed by atoms with Crippen LogP contribution in [0.5, 0.6) is 11.5 Å². The average molecular weight is 388 g/mol. The Bertz CT molecular complexity index is 910. The normalized spacial score (nSPS) is 12.2. The molecule has 0 saturated carbocycles. The van der Waals surface area contributed by atoms with Crippen molar-refractivity contribution < 1.29 is 35.3 Å². The first-order chi connectivity index (χ1) is 12.2. The topological polar surface area (TPSA) is 74.2 Å². The van der Waals surface area contributed by atoms with Crippen molar-refractivity contribution in [2.24, 2.45) is 5.16 Å². The Labute approximate surface area is 147 Å². The molecule has 2 aromatic rings. The molecular weight excluding hydrogens is 375 g/mol. The second-order valence-electron chi connectivity index (χ2n) is 4.83. The molecule has 0 fully saturated rings. The summed E-state index contributed by atoms with van der Waals surface area (Å²) in [5, 5.41) is 3.20. The van der Waals surface area contributed by atoms with E-state index in [1.54, 1.807) is 0 Å². The molecule has 0 aliphatic rings. The molecule has 2 rings (SSSR count). The fourth-order valence-corrected chi connectivity index (χ4v) is 2.64. The maximum atomic E-state index is 12.7. The molecule has 10 heteroatoms. The highest BCUT2D eigenvalue weighted by Crippen LogP contribution is 2.31. The summed E-state index contributed by atoms with van der Waals surface area (Å²) < 4.78 is 76.4. The summed E-state index contributed by atoms with van der Waals surface area (Å²) in [4.78, 5) is -0.676. The first kappa shape index (κ1) is 19.6. The molecule has 0 heterocycles. The van der Waals surface area contributed by atoms with Crippen molar-refractivity contribution in [3.8, 4) is 11.5 Å². The van der Waals surface area contributed by atoms with Crippen LogP contribution in [0.3, 0.4) is 0 Å². The van der Waals surface area contributed by atoms with Crippen molar-refractivity contribution in [2.75, 3.05) is 14.2 Å². The van der Waals surface area contributed by atoms with E-state index in [9.17, 15) is 21.6 Å². The number of halogens is 3. The van der Waals surface area contributed by atoms with Gasteiger partial charge in [-0.15, -0.1) is 0 Å². The number of benzene rings is 2. The number of methoxy groups -OCH3 is 2. The second-order valence-corrected chi connectivity index (χ2v) is 6.36. The quantitative estimate of drug-likeness (QED) is 0.561. The summed E-state index contributed by atoms with van der Waals surface area (Å²) >= 11 is 0. The van der Waals surface area contributed by atoms with E-state index < -0.39 is 26.8 Å². The molecule has 0 unspecified atom stereocenters. The third-order valence-electron chi connectivity index (χ3n) is 3.14. The zero-order chi connectivity index (χ0) is 19.4. The minimum atomic E-state index is -4.68. The van der Waals surface area contributed by atoms with Crippen molar-refractivity contribution in [3.63, 3.8) is 0 Å². The molecular formula is C16H13F3NO5S. The molecule has 0 bridgehead atoms. The average Bonchev–Trinajstić information content (AvgIpc) is 2.60. The number of hydrogen-bond donors (Lipinski definition) is 0. The molecule has 26 heavy (non-hydrogen) atoms. The first-order valence-electron chi connectivity index (χ1n) is 6.96.